The maximum absolute atomic E-state index is 5.61. The third kappa shape index (κ3) is 2.20. The monoisotopic (exact) mass is 377 g/mol. The highest BCUT2D eigenvalue weighted by atomic mass is 15.5. The fraction of sp³-hybridized carbons (Fsp3) is 0.680. The Hall–Kier alpha value is -1.48. The molecule has 4 bridgehead atoms. The fourth-order valence-electron chi connectivity index (χ4n) is 6.57. The molecule has 0 N–H and O–H groups in total. The van der Waals surface area contributed by atoms with Crippen LogP contribution in [0.25, 0.3) is 0 Å². The van der Waals surface area contributed by atoms with Crippen LogP contribution in [0.2, 0.25) is 0 Å². The molecule has 0 radical (unpaired) electrons. The van der Waals surface area contributed by atoms with E-state index in [9.17, 15) is 0 Å². The average molecular weight is 378 g/mol. The normalized spacial score (nSPS) is 37.1. The first kappa shape index (κ1) is 18.5. The number of nitrogens with zero attached hydrogens (tertiary/aromatic N) is 3. The topological polar surface area (TPSA) is 28.0 Å². The van der Waals surface area contributed by atoms with Crippen molar-refractivity contribution in [2.75, 3.05) is 0 Å². The van der Waals surface area contributed by atoms with Gasteiger partial charge in [-0.1, -0.05) is 78.3 Å². The molecule has 1 saturated heterocycles. The first-order chi connectivity index (χ1) is 13.1. The summed E-state index contributed by atoms with van der Waals surface area (Å²) in [4.78, 5) is 14.0. The van der Waals surface area contributed by atoms with Gasteiger partial charge in [0.25, 0.3) is 0 Å². The molecule has 1 saturated carbocycles. The minimum atomic E-state index is -0.117. The first-order valence-electron chi connectivity index (χ1n) is 11.1. The summed E-state index contributed by atoms with van der Waals surface area (Å²) in [6, 6.07) is 11.4. The van der Waals surface area contributed by atoms with E-state index in [-0.39, 0.29) is 22.0 Å². The number of likely N-dealkylation sites (tertiary alicyclic amines) is 1. The van der Waals surface area contributed by atoms with Crippen LogP contribution in [0.15, 0.2) is 40.3 Å². The molecule has 3 aliphatic heterocycles. The Balaban J connectivity index is 1.69. The molecule has 1 aromatic rings. The molecule has 5 rings (SSSR count). The minimum absolute atomic E-state index is 0.0179. The predicted octanol–water partition coefficient (Wildman–Crippen LogP) is 5.50. The Morgan fingerprint density at radius 3 is 2.18 bits per heavy atom. The summed E-state index contributed by atoms with van der Waals surface area (Å²) in [5.41, 5.74) is 4.34. The van der Waals surface area contributed by atoms with Gasteiger partial charge in [-0.15, -0.1) is 0 Å². The molecule has 1 aromatic carbocycles. The van der Waals surface area contributed by atoms with Crippen LogP contribution in [0, 0.1) is 16.7 Å². The highest BCUT2D eigenvalue weighted by Crippen LogP contribution is 2.67. The van der Waals surface area contributed by atoms with E-state index in [4.69, 9.17) is 9.98 Å². The summed E-state index contributed by atoms with van der Waals surface area (Å²) in [7, 11) is 0. The molecule has 3 heterocycles. The second-order valence-electron chi connectivity index (χ2n) is 11.5. The highest BCUT2D eigenvalue weighted by molar-refractivity contribution is 6.08. The SMILES string of the molecule is CC(C)(C)C1=N[C@@]23CCCC[C@]24N=C(C(C)(C)C)[C@H]3[C@H]1N4Cc1ccccc1. The van der Waals surface area contributed by atoms with Gasteiger partial charge in [0.05, 0.1) is 6.04 Å². The third-order valence-electron chi connectivity index (χ3n) is 7.60. The lowest BCUT2D eigenvalue weighted by atomic mass is 9.67. The molecule has 0 aromatic heterocycles. The van der Waals surface area contributed by atoms with Crippen molar-refractivity contribution in [3.8, 4) is 0 Å². The van der Waals surface area contributed by atoms with Crippen molar-refractivity contribution in [1.29, 1.82) is 0 Å². The van der Waals surface area contributed by atoms with Crippen LogP contribution in [0.1, 0.15) is 72.8 Å². The first-order valence-corrected chi connectivity index (χ1v) is 11.1. The van der Waals surface area contributed by atoms with Gasteiger partial charge in [-0.3, -0.25) is 14.9 Å². The van der Waals surface area contributed by atoms with Crippen molar-refractivity contribution in [2.45, 2.75) is 91.0 Å². The van der Waals surface area contributed by atoms with Crippen molar-refractivity contribution in [2.24, 2.45) is 26.7 Å². The van der Waals surface area contributed by atoms with E-state index in [1.165, 1.54) is 36.2 Å². The van der Waals surface area contributed by atoms with Crippen LogP contribution in [-0.2, 0) is 6.54 Å². The Kier molecular flexibility index (Phi) is 3.68. The number of rotatable bonds is 2. The number of hydrogen-bond acceptors (Lipinski definition) is 3. The summed E-state index contributed by atoms with van der Waals surface area (Å²) in [5, 5.41) is 0. The van der Waals surface area contributed by atoms with Gasteiger partial charge in [0.2, 0.25) is 0 Å². The predicted molar refractivity (Wildman–Crippen MR) is 117 cm³/mol. The second-order valence-corrected chi connectivity index (χ2v) is 11.5. The maximum atomic E-state index is 5.61. The van der Waals surface area contributed by atoms with Crippen LogP contribution in [-0.4, -0.2) is 33.6 Å². The molecule has 3 heteroatoms. The smallest absolute Gasteiger partial charge is 0.140 e. The van der Waals surface area contributed by atoms with E-state index in [2.05, 4.69) is 76.8 Å². The number of aliphatic imine (C=N–C) groups is 2. The van der Waals surface area contributed by atoms with Crippen molar-refractivity contribution in [1.82, 2.24) is 4.90 Å². The molecular weight excluding hydrogens is 342 g/mol. The quantitative estimate of drug-likeness (QED) is 0.669. The van der Waals surface area contributed by atoms with Gasteiger partial charge in [0, 0.05) is 34.7 Å². The number of hydrogen-bond donors (Lipinski definition) is 0. The molecule has 0 unspecified atom stereocenters. The largest absolute Gasteiger partial charge is 0.280 e. The highest BCUT2D eigenvalue weighted by Gasteiger charge is 2.78. The van der Waals surface area contributed by atoms with Gasteiger partial charge in [0.1, 0.15) is 11.2 Å². The van der Waals surface area contributed by atoms with Crippen LogP contribution in [0.5, 0.6) is 0 Å². The van der Waals surface area contributed by atoms with Crippen LogP contribution < -0.4 is 0 Å². The lowest BCUT2D eigenvalue weighted by Crippen LogP contribution is -2.61. The van der Waals surface area contributed by atoms with Crippen LogP contribution in [0.3, 0.4) is 0 Å². The minimum Gasteiger partial charge on any atom is -0.280 e. The number of benzene rings is 1. The van der Waals surface area contributed by atoms with Crippen molar-refractivity contribution in [3.05, 3.63) is 35.9 Å². The third-order valence-corrected chi connectivity index (χ3v) is 7.60. The van der Waals surface area contributed by atoms with Crippen molar-refractivity contribution in [3.63, 3.8) is 0 Å². The van der Waals surface area contributed by atoms with Gasteiger partial charge < -0.3 is 0 Å². The molecule has 1 spiro atoms. The van der Waals surface area contributed by atoms with E-state index in [1.807, 2.05) is 0 Å². The average Bonchev–Trinajstić information content (AvgIpc) is 3.18. The zero-order valence-corrected chi connectivity index (χ0v) is 18.4. The molecule has 150 valence electrons. The summed E-state index contributed by atoms with van der Waals surface area (Å²) >= 11 is 0. The lowest BCUT2D eigenvalue weighted by Gasteiger charge is -2.51. The zero-order chi connectivity index (χ0) is 19.9. The summed E-state index contributed by atoms with van der Waals surface area (Å²) in [5.74, 6) is 0.464. The summed E-state index contributed by atoms with van der Waals surface area (Å²) < 4.78 is 0. The van der Waals surface area contributed by atoms with E-state index in [0.29, 0.717) is 12.0 Å². The van der Waals surface area contributed by atoms with E-state index < -0.39 is 0 Å². The zero-order valence-electron chi connectivity index (χ0n) is 18.4. The maximum Gasteiger partial charge on any atom is 0.140 e. The molecule has 4 aliphatic rings. The van der Waals surface area contributed by atoms with Crippen LogP contribution >= 0.6 is 0 Å². The van der Waals surface area contributed by atoms with Crippen molar-refractivity contribution >= 4 is 11.4 Å². The molecule has 1 aliphatic carbocycles. The molecule has 3 nitrogen and oxygen atoms in total. The summed E-state index contributed by atoms with van der Waals surface area (Å²) in [6.45, 7) is 15.1. The Morgan fingerprint density at radius 1 is 0.893 bits per heavy atom. The van der Waals surface area contributed by atoms with Gasteiger partial charge in [-0.2, -0.15) is 0 Å². The van der Waals surface area contributed by atoms with Gasteiger partial charge >= 0.3 is 0 Å². The Morgan fingerprint density at radius 2 is 1.54 bits per heavy atom. The Labute approximate surface area is 170 Å². The van der Waals surface area contributed by atoms with E-state index >= 15 is 0 Å². The molecule has 28 heavy (non-hydrogen) atoms. The standard InChI is InChI=1S/C25H35N3/c1-22(2,3)20-18-19-21(23(4,5)6)26-24(18)14-10-11-15-25(24,27-20)28(19)16-17-12-8-7-9-13-17/h7-9,12-13,18-19H,10-11,14-16H2,1-6H3/t18-,19-,24-,25-/m1/s1. The van der Waals surface area contributed by atoms with Crippen molar-refractivity contribution < 1.29 is 0 Å². The Bertz CT molecular complexity index is 854. The lowest BCUT2D eigenvalue weighted by molar-refractivity contribution is 0.0326. The molecule has 4 atom stereocenters. The van der Waals surface area contributed by atoms with Gasteiger partial charge in [0.15, 0.2) is 0 Å². The summed E-state index contributed by atoms with van der Waals surface area (Å²) in [6.07, 6.45) is 4.92. The van der Waals surface area contributed by atoms with Crippen LogP contribution in [0.4, 0.5) is 0 Å². The van der Waals surface area contributed by atoms with Gasteiger partial charge in [-0.25, -0.2) is 0 Å². The van der Waals surface area contributed by atoms with E-state index in [1.54, 1.807) is 0 Å². The molecule has 0 amide bonds. The van der Waals surface area contributed by atoms with E-state index in [0.717, 1.165) is 13.0 Å². The molecular formula is C25H35N3. The fourth-order valence-corrected chi connectivity index (χ4v) is 6.57. The van der Waals surface area contributed by atoms with Gasteiger partial charge in [-0.05, 0) is 24.8 Å². The molecule has 2 fully saturated rings. The second kappa shape index (κ2) is 5.56.